The van der Waals surface area contributed by atoms with E-state index in [4.69, 9.17) is 0 Å². The van der Waals surface area contributed by atoms with E-state index in [1.165, 1.54) is 12.8 Å². The van der Waals surface area contributed by atoms with Crippen LogP contribution < -0.4 is 5.32 Å². The molecule has 0 aromatic heterocycles. The maximum absolute atomic E-state index is 11.4. The standard InChI is InChI=1S/C10H19N3O/c1-12-5-6-13(8-10(12)14)7-9-3-2-4-11-9/h9,11H,2-8H2,1H3/t9-/m1/s1. The molecule has 0 aliphatic carbocycles. The Balaban J connectivity index is 1.78. The van der Waals surface area contributed by atoms with Crippen LogP contribution in [0.2, 0.25) is 0 Å². The van der Waals surface area contributed by atoms with Crippen LogP contribution >= 0.6 is 0 Å². The second kappa shape index (κ2) is 4.28. The van der Waals surface area contributed by atoms with E-state index in [2.05, 4.69) is 10.2 Å². The van der Waals surface area contributed by atoms with E-state index in [1.54, 1.807) is 0 Å². The quantitative estimate of drug-likeness (QED) is 0.649. The molecule has 4 nitrogen and oxygen atoms in total. The maximum atomic E-state index is 11.4. The number of amides is 1. The largest absolute Gasteiger partial charge is 0.343 e. The Kier molecular flexibility index (Phi) is 3.03. The van der Waals surface area contributed by atoms with Crippen molar-refractivity contribution < 1.29 is 4.79 Å². The van der Waals surface area contributed by atoms with Gasteiger partial charge in [-0.15, -0.1) is 0 Å². The van der Waals surface area contributed by atoms with Crippen LogP contribution in [0.15, 0.2) is 0 Å². The lowest BCUT2D eigenvalue weighted by Crippen LogP contribution is -2.51. The SMILES string of the molecule is CN1CCN(C[C@H]2CCCN2)CC1=O. The average molecular weight is 197 g/mol. The Bertz CT molecular complexity index is 213. The van der Waals surface area contributed by atoms with Gasteiger partial charge in [-0.2, -0.15) is 0 Å². The van der Waals surface area contributed by atoms with Crippen LogP contribution in [0.3, 0.4) is 0 Å². The number of rotatable bonds is 2. The van der Waals surface area contributed by atoms with Gasteiger partial charge in [-0.25, -0.2) is 0 Å². The second-order valence-electron chi connectivity index (χ2n) is 4.34. The molecule has 80 valence electrons. The maximum Gasteiger partial charge on any atom is 0.236 e. The van der Waals surface area contributed by atoms with E-state index in [0.29, 0.717) is 12.6 Å². The number of piperazine rings is 1. The van der Waals surface area contributed by atoms with E-state index in [1.807, 2.05) is 11.9 Å². The Morgan fingerprint density at radius 3 is 3.00 bits per heavy atom. The molecule has 0 saturated carbocycles. The van der Waals surface area contributed by atoms with Crippen molar-refractivity contribution in [3.63, 3.8) is 0 Å². The normalized spacial score (nSPS) is 29.9. The molecule has 2 heterocycles. The number of nitrogens with zero attached hydrogens (tertiary/aromatic N) is 2. The summed E-state index contributed by atoms with van der Waals surface area (Å²) in [6.07, 6.45) is 2.55. The average Bonchev–Trinajstić information content (AvgIpc) is 2.64. The third-order valence-electron chi connectivity index (χ3n) is 3.18. The third kappa shape index (κ3) is 2.25. The first kappa shape index (κ1) is 9.93. The monoisotopic (exact) mass is 197 g/mol. The van der Waals surface area contributed by atoms with Gasteiger partial charge in [0.15, 0.2) is 0 Å². The molecule has 0 aromatic carbocycles. The fraction of sp³-hybridized carbons (Fsp3) is 0.900. The van der Waals surface area contributed by atoms with Crippen molar-refractivity contribution in [3.05, 3.63) is 0 Å². The van der Waals surface area contributed by atoms with Crippen LogP contribution in [0.5, 0.6) is 0 Å². The number of hydrogen-bond donors (Lipinski definition) is 1. The lowest BCUT2D eigenvalue weighted by atomic mass is 10.2. The molecule has 2 rings (SSSR count). The summed E-state index contributed by atoms with van der Waals surface area (Å²) in [4.78, 5) is 15.5. The van der Waals surface area contributed by atoms with Crippen molar-refractivity contribution in [2.45, 2.75) is 18.9 Å². The first-order valence-corrected chi connectivity index (χ1v) is 5.45. The zero-order valence-electron chi connectivity index (χ0n) is 8.83. The molecular weight excluding hydrogens is 178 g/mol. The van der Waals surface area contributed by atoms with Gasteiger partial charge in [0.05, 0.1) is 6.54 Å². The summed E-state index contributed by atoms with van der Waals surface area (Å²) in [5.41, 5.74) is 0. The highest BCUT2D eigenvalue weighted by Crippen LogP contribution is 2.09. The van der Waals surface area contributed by atoms with Gasteiger partial charge in [0.25, 0.3) is 0 Å². The minimum absolute atomic E-state index is 0.259. The Hall–Kier alpha value is -0.610. The van der Waals surface area contributed by atoms with Gasteiger partial charge in [0.2, 0.25) is 5.91 Å². The molecule has 0 bridgehead atoms. The van der Waals surface area contributed by atoms with Gasteiger partial charge in [-0.1, -0.05) is 0 Å². The van der Waals surface area contributed by atoms with E-state index >= 15 is 0 Å². The fourth-order valence-corrected chi connectivity index (χ4v) is 2.19. The Labute approximate surface area is 85.2 Å². The van der Waals surface area contributed by atoms with Gasteiger partial charge in [-0.3, -0.25) is 9.69 Å². The molecule has 0 radical (unpaired) electrons. The van der Waals surface area contributed by atoms with Gasteiger partial charge in [-0.05, 0) is 19.4 Å². The van der Waals surface area contributed by atoms with Crippen LogP contribution in [-0.2, 0) is 4.79 Å². The molecule has 1 atom stereocenters. The Morgan fingerprint density at radius 1 is 1.50 bits per heavy atom. The van der Waals surface area contributed by atoms with Crippen molar-refractivity contribution in [3.8, 4) is 0 Å². The Morgan fingerprint density at radius 2 is 2.36 bits per heavy atom. The third-order valence-corrected chi connectivity index (χ3v) is 3.18. The van der Waals surface area contributed by atoms with Gasteiger partial charge < -0.3 is 10.2 Å². The number of carbonyl (C=O) groups excluding carboxylic acids is 1. The van der Waals surface area contributed by atoms with Crippen molar-refractivity contribution in [1.82, 2.24) is 15.1 Å². The number of nitrogens with one attached hydrogen (secondary N) is 1. The van der Waals surface area contributed by atoms with Gasteiger partial charge in [0.1, 0.15) is 0 Å². The first-order valence-electron chi connectivity index (χ1n) is 5.45. The minimum Gasteiger partial charge on any atom is -0.343 e. The van der Waals surface area contributed by atoms with Gasteiger partial charge in [0, 0.05) is 32.7 Å². The first-order chi connectivity index (χ1) is 6.75. The summed E-state index contributed by atoms with van der Waals surface area (Å²) in [5.74, 6) is 0.259. The zero-order chi connectivity index (χ0) is 9.97. The highest BCUT2D eigenvalue weighted by Gasteiger charge is 2.24. The van der Waals surface area contributed by atoms with E-state index in [9.17, 15) is 4.79 Å². The van der Waals surface area contributed by atoms with E-state index in [-0.39, 0.29) is 5.91 Å². The molecule has 14 heavy (non-hydrogen) atoms. The lowest BCUT2D eigenvalue weighted by Gasteiger charge is -2.33. The van der Waals surface area contributed by atoms with Crippen molar-refractivity contribution >= 4 is 5.91 Å². The molecule has 4 heteroatoms. The molecule has 2 aliphatic heterocycles. The number of carbonyl (C=O) groups is 1. The van der Waals surface area contributed by atoms with Crippen LogP contribution in [0, 0.1) is 0 Å². The molecule has 1 amide bonds. The molecule has 1 N–H and O–H groups in total. The number of hydrogen-bond acceptors (Lipinski definition) is 3. The molecule has 0 unspecified atom stereocenters. The van der Waals surface area contributed by atoms with Crippen molar-refractivity contribution in [2.24, 2.45) is 0 Å². The molecule has 0 aromatic rings. The molecule has 2 saturated heterocycles. The highest BCUT2D eigenvalue weighted by atomic mass is 16.2. The summed E-state index contributed by atoms with van der Waals surface area (Å²) in [7, 11) is 1.88. The zero-order valence-corrected chi connectivity index (χ0v) is 8.83. The van der Waals surface area contributed by atoms with Crippen LogP contribution in [0.4, 0.5) is 0 Å². The predicted molar refractivity (Wildman–Crippen MR) is 55.1 cm³/mol. The highest BCUT2D eigenvalue weighted by molar-refractivity contribution is 5.78. The van der Waals surface area contributed by atoms with Crippen molar-refractivity contribution in [2.75, 3.05) is 39.8 Å². The van der Waals surface area contributed by atoms with Crippen LogP contribution in [0.25, 0.3) is 0 Å². The van der Waals surface area contributed by atoms with E-state index in [0.717, 1.165) is 26.2 Å². The topological polar surface area (TPSA) is 35.6 Å². The summed E-state index contributed by atoms with van der Waals surface area (Å²) >= 11 is 0. The molecule has 2 fully saturated rings. The summed E-state index contributed by atoms with van der Waals surface area (Å²) < 4.78 is 0. The van der Waals surface area contributed by atoms with E-state index < -0.39 is 0 Å². The van der Waals surface area contributed by atoms with Gasteiger partial charge >= 0.3 is 0 Å². The predicted octanol–water partition coefficient (Wildman–Crippen LogP) is -0.488. The molecule has 2 aliphatic rings. The summed E-state index contributed by atoms with van der Waals surface area (Å²) in [6.45, 7) is 4.70. The van der Waals surface area contributed by atoms with Crippen molar-refractivity contribution in [1.29, 1.82) is 0 Å². The summed E-state index contributed by atoms with van der Waals surface area (Å²) in [6, 6.07) is 0.617. The summed E-state index contributed by atoms with van der Waals surface area (Å²) in [5, 5.41) is 3.46. The number of likely N-dealkylation sites (N-methyl/N-ethyl adjacent to an activating group) is 1. The fourth-order valence-electron chi connectivity index (χ4n) is 2.19. The van der Waals surface area contributed by atoms with Crippen LogP contribution in [0.1, 0.15) is 12.8 Å². The lowest BCUT2D eigenvalue weighted by molar-refractivity contribution is -0.134. The minimum atomic E-state index is 0.259. The molecule has 0 spiro atoms. The smallest absolute Gasteiger partial charge is 0.236 e. The second-order valence-corrected chi connectivity index (χ2v) is 4.34. The molecular formula is C10H19N3O. The van der Waals surface area contributed by atoms with Crippen LogP contribution in [-0.4, -0.2) is 61.5 Å².